The molecule has 2 aromatic rings. The van der Waals surface area contributed by atoms with Gasteiger partial charge in [-0.05, 0) is 61.7 Å². The molecule has 0 radical (unpaired) electrons. The third-order valence-electron chi connectivity index (χ3n) is 6.21. The number of nitrogens with zero attached hydrogens (tertiary/aromatic N) is 3. The van der Waals surface area contributed by atoms with Crippen LogP contribution in [-0.2, 0) is 16.1 Å². The van der Waals surface area contributed by atoms with Gasteiger partial charge in [0.1, 0.15) is 11.6 Å². The molecule has 0 aliphatic carbocycles. The number of benzene rings is 2. The number of halogens is 1. The summed E-state index contributed by atoms with van der Waals surface area (Å²) in [5.74, 6) is -0.755. The molecule has 0 spiro atoms. The Kier molecular flexibility index (Phi) is 6.91. The molecule has 0 saturated carbocycles. The van der Waals surface area contributed by atoms with Gasteiger partial charge in [-0.1, -0.05) is 12.1 Å². The molecule has 2 saturated heterocycles. The van der Waals surface area contributed by atoms with Crippen molar-refractivity contribution in [1.29, 1.82) is 0 Å². The lowest BCUT2D eigenvalue weighted by atomic mass is 10.0. The van der Waals surface area contributed by atoms with Crippen LogP contribution in [0.4, 0.5) is 4.39 Å². The van der Waals surface area contributed by atoms with Crippen LogP contribution in [0.15, 0.2) is 48.5 Å². The summed E-state index contributed by atoms with van der Waals surface area (Å²) in [6.07, 6.45) is 1.26. The van der Waals surface area contributed by atoms with Gasteiger partial charge in [0.15, 0.2) is 0 Å². The van der Waals surface area contributed by atoms with Gasteiger partial charge < -0.3 is 19.4 Å². The SMILES string of the molecule is CCOc1ccc(C(=O)N2CCC(N3CCN(Cc4cccc(F)c4)C(=O)C3=O)CC2)cc1. The Morgan fingerprint density at radius 3 is 2.39 bits per heavy atom. The maximum absolute atomic E-state index is 13.4. The van der Waals surface area contributed by atoms with Crippen molar-refractivity contribution in [3.63, 3.8) is 0 Å². The number of hydrogen-bond acceptors (Lipinski definition) is 4. The van der Waals surface area contributed by atoms with Crippen LogP contribution >= 0.6 is 0 Å². The standard InChI is InChI=1S/C25H28FN3O4/c1-2-33-22-8-6-19(7-9-22)23(30)27-12-10-21(11-13-27)29-15-14-28(24(31)25(29)32)17-18-4-3-5-20(26)16-18/h3-9,16,21H,2,10-15,17H2,1H3. The van der Waals surface area contributed by atoms with Gasteiger partial charge in [0, 0.05) is 44.3 Å². The first-order valence-electron chi connectivity index (χ1n) is 11.3. The summed E-state index contributed by atoms with van der Waals surface area (Å²) >= 11 is 0. The smallest absolute Gasteiger partial charge is 0.312 e. The molecule has 0 unspecified atom stereocenters. The van der Waals surface area contributed by atoms with E-state index >= 15 is 0 Å². The fourth-order valence-corrected chi connectivity index (χ4v) is 4.47. The van der Waals surface area contributed by atoms with E-state index in [4.69, 9.17) is 4.74 Å². The summed E-state index contributed by atoms with van der Waals surface area (Å²) in [4.78, 5) is 43.2. The second-order valence-corrected chi connectivity index (χ2v) is 8.34. The molecule has 8 heteroatoms. The molecule has 2 aliphatic heterocycles. The molecule has 0 aromatic heterocycles. The third kappa shape index (κ3) is 5.16. The third-order valence-corrected chi connectivity index (χ3v) is 6.21. The van der Waals surface area contributed by atoms with Crippen LogP contribution in [0, 0.1) is 5.82 Å². The molecule has 2 fully saturated rings. The Balaban J connectivity index is 1.31. The van der Waals surface area contributed by atoms with Crippen molar-refractivity contribution >= 4 is 17.7 Å². The molecule has 3 amide bonds. The highest BCUT2D eigenvalue weighted by molar-refractivity contribution is 6.35. The maximum atomic E-state index is 13.4. The summed E-state index contributed by atoms with van der Waals surface area (Å²) in [6.45, 7) is 4.60. The first kappa shape index (κ1) is 22.8. The monoisotopic (exact) mass is 453 g/mol. The average Bonchev–Trinajstić information content (AvgIpc) is 2.83. The van der Waals surface area contributed by atoms with Crippen LogP contribution in [-0.4, -0.2) is 71.2 Å². The molecule has 2 aromatic carbocycles. The number of likely N-dealkylation sites (tertiary alicyclic amines) is 1. The predicted octanol–water partition coefficient (Wildman–Crippen LogP) is 2.70. The zero-order valence-electron chi connectivity index (χ0n) is 18.7. The number of carbonyl (C=O) groups excluding carboxylic acids is 3. The first-order valence-corrected chi connectivity index (χ1v) is 11.3. The van der Waals surface area contributed by atoms with Crippen LogP contribution in [0.1, 0.15) is 35.7 Å². The first-order chi connectivity index (χ1) is 16.0. The van der Waals surface area contributed by atoms with Crippen LogP contribution in [0.2, 0.25) is 0 Å². The molecular formula is C25H28FN3O4. The van der Waals surface area contributed by atoms with E-state index in [9.17, 15) is 18.8 Å². The summed E-state index contributed by atoms with van der Waals surface area (Å²) in [5, 5.41) is 0. The minimum atomic E-state index is -0.557. The van der Waals surface area contributed by atoms with Crippen molar-refractivity contribution in [1.82, 2.24) is 14.7 Å². The Hall–Kier alpha value is -3.42. The van der Waals surface area contributed by atoms with Crippen LogP contribution < -0.4 is 4.74 Å². The Bertz CT molecular complexity index is 1020. The molecule has 0 bridgehead atoms. The number of hydrogen-bond donors (Lipinski definition) is 0. The van der Waals surface area contributed by atoms with Crippen LogP contribution in [0.3, 0.4) is 0 Å². The Morgan fingerprint density at radius 2 is 1.73 bits per heavy atom. The predicted molar refractivity (Wildman–Crippen MR) is 120 cm³/mol. The number of piperidine rings is 1. The van der Waals surface area contributed by atoms with E-state index in [1.54, 1.807) is 46.2 Å². The Morgan fingerprint density at radius 1 is 1.00 bits per heavy atom. The lowest BCUT2D eigenvalue weighted by Gasteiger charge is -2.42. The molecule has 0 atom stereocenters. The van der Waals surface area contributed by atoms with Gasteiger partial charge >= 0.3 is 11.8 Å². The highest BCUT2D eigenvalue weighted by Gasteiger charge is 2.38. The number of amides is 3. The second-order valence-electron chi connectivity index (χ2n) is 8.34. The number of piperazine rings is 1. The quantitative estimate of drug-likeness (QED) is 0.631. The van der Waals surface area contributed by atoms with Crippen molar-refractivity contribution in [2.24, 2.45) is 0 Å². The molecule has 2 aliphatic rings. The normalized spacial score (nSPS) is 17.5. The maximum Gasteiger partial charge on any atom is 0.312 e. The van der Waals surface area contributed by atoms with Gasteiger partial charge in [0.05, 0.1) is 6.61 Å². The van der Waals surface area contributed by atoms with E-state index in [1.807, 2.05) is 6.92 Å². The molecule has 2 heterocycles. The van der Waals surface area contributed by atoms with Crippen molar-refractivity contribution < 1.29 is 23.5 Å². The summed E-state index contributed by atoms with van der Waals surface area (Å²) in [6, 6.07) is 13.1. The zero-order chi connectivity index (χ0) is 23.4. The molecule has 4 rings (SSSR count). The van der Waals surface area contributed by atoms with E-state index < -0.39 is 11.8 Å². The number of carbonyl (C=O) groups is 3. The lowest BCUT2D eigenvalue weighted by molar-refractivity contribution is -0.158. The molecular weight excluding hydrogens is 425 g/mol. The summed E-state index contributed by atoms with van der Waals surface area (Å²) in [7, 11) is 0. The van der Waals surface area contributed by atoms with Crippen molar-refractivity contribution in [2.45, 2.75) is 32.4 Å². The van der Waals surface area contributed by atoms with Crippen LogP contribution in [0.5, 0.6) is 5.75 Å². The molecule has 33 heavy (non-hydrogen) atoms. The average molecular weight is 454 g/mol. The van der Waals surface area contributed by atoms with E-state index in [-0.39, 0.29) is 24.3 Å². The zero-order valence-corrected chi connectivity index (χ0v) is 18.7. The minimum absolute atomic E-state index is 0.0428. The van der Waals surface area contributed by atoms with Crippen molar-refractivity contribution in [3.05, 3.63) is 65.5 Å². The largest absolute Gasteiger partial charge is 0.494 e. The molecule has 174 valence electrons. The molecule has 7 nitrogen and oxygen atoms in total. The fraction of sp³-hybridized carbons (Fsp3) is 0.400. The second kappa shape index (κ2) is 10.0. The summed E-state index contributed by atoms with van der Waals surface area (Å²) < 4.78 is 18.9. The van der Waals surface area contributed by atoms with E-state index in [2.05, 4.69) is 0 Å². The summed E-state index contributed by atoms with van der Waals surface area (Å²) in [5.41, 5.74) is 1.26. The molecule has 0 N–H and O–H groups in total. The van der Waals surface area contributed by atoms with Crippen molar-refractivity contribution in [3.8, 4) is 5.75 Å². The van der Waals surface area contributed by atoms with Crippen molar-refractivity contribution in [2.75, 3.05) is 32.8 Å². The minimum Gasteiger partial charge on any atom is -0.494 e. The van der Waals surface area contributed by atoms with Gasteiger partial charge in [-0.3, -0.25) is 14.4 Å². The van der Waals surface area contributed by atoms with E-state index in [0.29, 0.717) is 56.8 Å². The fourth-order valence-electron chi connectivity index (χ4n) is 4.47. The number of ether oxygens (including phenoxy) is 1. The van der Waals surface area contributed by atoms with Gasteiger partial charge in [0.25, 0.3) is 5.91 Å². The van der Waals surface area contributed by atoms with Gasteiger partial charge in [0.2, 0.25) is 0 Å². The van der Waals surface area contributed by atoms with Gasteiger partial charge in [-0.15, -0.1) is 0 Å². The van der Waals surface area contributed by atoms with E-state index in [1.165, 1.54) is 17.0 Å². The van der Waals surface area contributed by atoms with Gasteiger partial charge in [-0.2, -0.15) is 0 Å². The van der Waals surface area contributed by atoms with E-state index in [0.717, 1.165) is 5.75 Å². The highest BCUT2D eigenvalue weighted by Crippen LogP contribution is 2.22. The highest BCUT2D eigenvalue weighted by atomic mass is 19.1. The topological polar surface area (TPSA) is 70.2 Å². The lowest BCUT2D eigenvalue weighted by Crippen LogP contribution is -2.59. The number of rotatable bonds is 6. The van der Waals surface area contributed by atoms with Crippen LogP contribution in [0.25, 0.3) is 0 Å². The Labute approximate surface area is 192 Å². The van der Waals surface area contributed by atoms with Gasteiger partial charge in [-0.25, -0.2) is 4.39 Å².